The van der Waals surface area contributed by atoms with Crippen LogP contribution in [0.2, 0.25) is 0 Å². The van der Waals surface area contributed by atoms with Gasteiger partial charge < -0.3 is 15.5 Å². The van der Waals surface area contributed by atoms with Gasteiger partial charge in [0.05, 0.1) is 0 Å². The zero-order valence-corrected chi connectivity index (χ0v) is 16.6. The van der Waals surface area contributed by atoms with Gasteiger partial charge in [0.1, 0.15) is 0 Å². The van der Waals surface area contributed by atoms with Crippen molar-refractivity contribution in [2.24, 2.45) is 10.9 Å². The Morgan fingerprint density at radius 1 is 1.15 bits per heavy atom. The highest BCUT2D eigenvalue weighted by atomic mass is 15.3. The summed E-state index contributed by atoms with van der Waals surface area (Å²) in [5.74, 6) is 2.53. The number of nitrogens with one attached hydrogen (secondary N) is 2. The summed E-state index contributed by atoms with van der Waals surface area (Å²) in [5.41, 5.74) is 0. The molecule has 0 spiro atoms. The van der Waals surface area contributed by atoms with Crippen molar-refractivity contribution in [3.8, 4) is 0 Å². The molecule has 1 fully saturated rings. The molecule has 0 atom stereocenters. The maximum atomic E-state index is 4.67. The van der Waals surface area contributed by atoms with Crippen molar-refractivity contribution in [3.63, 3.8) is 0 Å². The molecule has 7 heteroatoms. The third kappa shape index (κ3) is 7.56. The van der Waals surface area contributed by atoms with Crippen LogP contribution in [-0.4, -0.2) is 73.2 Å². The van der Waals surface area contributed by atoms with Crippen molar-refractivity contribution in [3.05, 3.63) is 18.5 Å². The molecular weight excluding hydrogens is 326 g/mol. The quantitative estimate of drug-likeness (QED) is 0.395. The van der Waals surface area contributed by atoms with E-state index in [0.29, 0.717) is 0 Å². The molecule has 2 heterocycles. The van der Waals surface area contributed by atoms with Crippen molar-refractivity contribution >= 4 is 11.9 Å². The second-order valence-corrected chi connectivity index (χ2v) is 7.10. The fraction of sp³-hybridized carbons (Fsp3) is 0.737. The van der Waals surface area contributed by atoms with E-state index in [0.717, 1.165) is 76.6 Å². The maximum Gasteiger partial charge on any atom is 0.225 e. The van der Waals surface area contributed by atoms with E-state index in [1.165, 1.54) is 6.42 Å². The summed E-state index contributed by atoms with van der Waals surface area (Å²) in [5, 5.41) is 6.79. The van der Waals surface area contributed by atoms with Gasteiger partial charge in [-0.25, -0.2) is 9.97 Å². The normalized spacial score (nSPS) is 16.2. The fourth-order valence-corrected chi connectivity index (χ4v) is 2.99. The first-order valence-electron chi connectivity index (χ1n) is 9.95. The largest absolute Gasteiger partial charge is 0.357 e. The lowest BCUT2D eigenvalue weighted by Gasteiger charge is -2.34. The molecule has 7 nitrogen and oxygen atoms in total. The molecule has 2 N–H and O–H groups in total. The van der Waals surface area contributed by atoms with Crippen molar-refractivity contribution in [1.82, 2.24) is 25.5 Å². The van der Waals surface area contributed by atoms with Gasteiger partial charge in [-0.1, -0.05) is 13.8 Å². The summed E-state index contributed by atoms with van der Waals surface area (Å²) >= 11 is 0. The standard InChI is InChI=1S/C19H35N7/c1-4-20-18(21-8-5-7-17(2)3)22-11-12-25-13-15-26(16-14-25)19-23-9-6-10-24-19/h6,9-10,17H,4-5,7-8,11-16H2,1-3H3,(H2,20,21,22). The summed E-state index contributed by atoms with van der Waals surface area (Å²) in [6.07, 6.45) is 6.00. The monoisotopic (exact) mass is 361 g/mol. The lowest BCUT2D eigenvalue weighted by molar-refractivity contribution is 0.260. The molecular formula is C19H35N7. The van der Waals surface area contributed by atoms with Crippen LogP contribution in [-0.2, 0) is 0 Å². The second-order valence-electron chi connectivity index (χ2n) is 7.10. The Morgan fingerprint density at radius 3 is 2.54 bits per heavy atom. The zero-order chi connectivity index (χ0) is 18.6. The number of hydrogen-bond acceptors (Lipinski definition) is 5. The van der Waals surface area contributed by atoms with Crippen LogP contribution in [0, 0.1) is 5.92 Å². The van der Waals surface area contributed by atoms with E-state index in [2.05, 4.69) is 56.2 Å². The van der Waals surface area contributed by atoms with Crippen LogP contribution < -0.4 is 15.5 Å². The van der Waals surface area contributed by atoms with Gasteiger partial charge in [0.2, 0.25) is 5.95 Å². The van der Waals surface area contributed by atoms with Gasteiger partial charge >= 0.3 is 0 Å². The molecule has 1 aliphatic heterocycles. The number of aliphatic imine (C=N–C) groups is 1. The van der Waals surface area contributed by atoms with Gasteiger partial charge in [-0.15, -0.1) is 0 Å². The van der Waals surface area contributed by atoms with E-state index >= 15 is 0 Å². The van der Waals surface area contributed by atoms with E-state index in [-0.39, 0.29) is 0 Å². The molecule has 0 amide bonds. The summed E-state index contributed by atoms with van der Waals surface area (Å²) < 4.78 is 0. The Labute approximate surface area is 158 Å². The predicted molar refractivity (Wildman–Crippen MR) is 109 cm³/mol. The number of anilines is 1. The van der Waals surface area contributed by atoms with Crippen LogP contribution >= 0.6 is 0 Å². The Morgan fingerprint density at radius 2 is 1.88 bits per heavy atom. The molecule has 0 unspecified atom stereocenters. The molecule has 0 saturated carbocycles. The first-order chi connectivity index (χ1) is 12.7. The number of nitrogens with zero attached hydrogens (tertiary/aromatic N) is 5. The van der Waals surface area contributed by atoms with Crippen molar-refractivity contribution < 1.29 is 0 Å². The SMILES string of the molecule is CCNC(=NCCCC(C)C)NCCN1CCN(c2ncccn2)CC1. The van der Waals surface area contributed by atoms with Gasteiger partial charge in [0.15, 0.2) is 5.96 Å². The van der Waals surface area contributed by atoms with E-state index in [4.69, 9.17) is 0 Å². The number of guanidine groups is 1. The molecule has 0 aromatic carbocycles. The van der Waals surface area contributed by atoms with Gasteiger partial charge in [0.25, 0.3) is 0 Å². The van der Waals surface area contributed by atoms with Crippen LogP contribution in [0.25, 0.3) is 0 Å². The summed E-state index contributed by atoms with van der Waals surface area (Å²) in [4.78, 5) is 18.1. The van der Waals surface area contributed by atoms with Crippen LogP contribution in [0.5, 0.6) is 0 Å². The van der Waals surface area contributed by atoms with Crippen LogP contribution in [0.15, 0.2) is 23.5 Å². The fourth-order valence-electron chi connectivity index (χ4n) is 2.99. The van der Waals surface area contributed by atoms with Crippen LogP contribution in [0.4, 0.5) is 5.95 Å². The summed E-state index contributed by atoms with van der Waals surface area (Å²) in [6, 6.07) is 1.86. The number of aromatic nitrogens is 2. The number of hydrogen-bond donors (Lipinski definition) is 2. The molecule has 1 saturated heterocycles. The van der Waals surface area contributed by atoms with E-state index in [9.17, 15) is 0 Å². The zero-order valence-electron chi connectivity index (χ0n) is 16.6. The highest BCUT2D eigenvalue weighted by Gasteiger charge is 2.18. The van der Waals surface area contributed by atoms with Gasteiger partial charge in [-0.05, 0) is 31.7 Å². The van der Waals surface area contributed by atoms with Gasteiger partial charge in [-0.3, -0.25) is 9.89 Å². The maximum absolute atomic E-state index is 4.67. The minimum absolute atomic E-state index is 0.751. The van der Waals surface area contributed by atoms with Crippen LogP contribution in [0.1, 0.15) is 33.6 Å². The Bertz CT molecular complexity index is 510. The molecule has 1 aliphatic rings. The van der Waals surface area contributed by atoms with Crippen LogP contribution in [0.3, 0.4) is 0 Å². The molecule has 0 bridgehead atoms. The lowest BCUT2D eigenvalue weighted by atomic mass is 10.1. The first-order valence-corrected chi connectivity index (χ1v) is 9.95. The highest BCUT2D eigenvalue weighted by molar-refractivity contribution is 5.79. The molecule has 0 radical (unpaired) electrons. The molecule has 26 heavy (non-hydrogen) atoms. The van der Waals surface area contributed by atoms with E-state index in [1.807, 2.05) is 6.07 Å². The number of rotatable bonds is 9. The Balaban J connectivity index is 1.65. The topological polar surface area (TPSA) is 68.7 Å². The lowest BCUT2D eigenvalue weighted by Crippen LogP contribution is -2.49. The third-order valence-corrected chi connectivity index (χ3v) is 4.48. The van der Waals surface area contributed by atoms with Gasteiger partial charge in [0, 0.05) is 64.8 Å². The molecule has 1 aromatic heterocycles. The molecule has 1 aromatic rings. The van der Waals surface area contributed by atoms with Crippen molar-refractivity contribution in [2.75, 3.05) is 57.3 Å². The van der Waals surface area contributed by atoms with E-state index in [1.54, 1.807) is 12.4 Å². The third-order valence-electron chi connectivity index (χ3n) is 4.48. The average molecular weight is 362 g/mol. The smallest absolute Gasteiger partial charge is 0.225 e. The predicted octanol–water partition coefficient (Wildman–Crippen LogP) is 1.59. The van der Waals surface area contributed by atoms with Crippen molar-refractivity contribution in [2.45, 2.75) is 33.6 Å². The molecule has 2 rings (SSSR count). The second kappa shape index (κ2) is 11.7. The Hall–Kier alpha value is -1.89. The molecule has 146 valence electrons. The average Bonchev–Trinajstić information content (AvgIpc) is 2.66. The highest BCUT2D eigenvalue weighted by Crippen LogP contribution is 2.09. The number of piperazine rings is 1. The summed E-state index contributed by atoms with van der Waals surface area (Å²) in [6.45, 7) is 14.4. The minimum atomic E-state index is 0.751. The molecule has 0 aliphatic carbocycles. The van der Waals surface area contributed by atoms with Crippen molar-refractivity contribution in [1.29, 1.82) is 0 Å². The Kier molecular flexibility index (Phi) is 9.17. The first kappa shape index (κ1) is 20.4. The summed E-state index contributed by atoms with van der Waals surface area (Å²) in [7, 11) is 0. The minimum Gasteiger partial charge on any atom is -0.357 e. The van der Waals surface area contributed by atoms with E-state index < -0.39 is 0 Å². The van der Waals surface area contributed by atoms with Gasteiger partial charge in [-0.2, -0.15) is 0 Å².